The third-order valence-corrected chi connectivity index (χ3v) is 3.26. The lowest BCUT2D eigenvalue weighted by molar-refractivity contribution is -0.126. The van der Waals surface area contributed by atoms with Gasteiger partial charge in [0.15, 0.2) is 0 Å². The molecular weight excluding hydrogens is 224 g/mol. The van der Waals surface area contributed by atoms with Crippen LogP contribution in [0.2, 0.25) is 0 Å². The first-order valence-corrected chi connectivity index (χ1v) is 5.47. The predicted octanol–water partition coefficient (Wildman–Crippen LogP) is 0.856. The van der Waals surface area contributed by atoms with Crippen LogP contribution < -0.4 is 5.32 Å². The SMILES string of the molecule is Cl.O=C1CSC(=O)N1C1CCCNC1. The number of hydrogen-bond donors (Lipinski definition) is 1. The number of nitrogens with zero attached hydrogens (tertiary/aromatic N) is 1. The second kappa shape index (κ2) is 5.00. The van der Waals surface area contributed by atoms with Crippen molar-refractivity contribution >= 4 is 35.3 Å². The van der Waals surface area contributed by atoms with Gasteiger partial charge in [-0.3, -0.25) is 14.5 Å². The summed E-state index contributed by atoms with van der Waals surface area (Å²) >= 11 is 1.12. The monoisotopic (exact) mass is 236 g/mol. The van der Waals surface area contributed by atoms with Crippen molar-refractivity contribution in [2.24, 2.45) is 0 Å². The van der Waals surface area contributed by atoms with Gasteiger partial charge in [0.2, 0.25) is 5.91 Å². The van der Waals surface area contributed by atoms with Crippen LogP contribution in [0.25, 0.3) is 0 Å². The van der Waals surface area contributed by atoms with Crippen molar-refractivity contribution in [3.63, 3.8) is 0 Å². The van der Waals surface area contributed by atoms with Crippen LogP contribution in [0.4, 0.5) is 4.79 Å². The number of halogens is 1. The molecule has 0 radical (unpaired) electrons. The molecule has 80 valence electrons. The van der Waals surface area contributed by atoms with Gasteiger partial charge in [0, 0.05) is 6.54 Å². The number of imide groups is 1. The predicted molar refractivity (Wildman–Crippen MR) is 57.8 cm³/mol. The number of amides is 2. The molecular formula is C8H13ClN2O2S. The lowest BCUT2D eigenvalue weighted by Gasteiger charge is -2.29. The van der Waals surface area contributed by atoms with Crippen molar-refractivity contribution in [2.45, 2.75) is 18.9 Å². The topological polar surface area (TPSA) is 49.4 Å². The van der Waals surface area contributed by atoms with Gasteiger partial charge in [0.1, 0.15) is 0 Å². The van der Waals surface area contributed by atoms with Gasteiger partial charge < -0.3 is 5.32 Å². The van der Waals surface area contributed by atoms with Crippen LogP contribution in [0, 0.1) is 0 Å². The Labute approximate surface area is 93.2 Å². The number of carbonyl (C=O) groups is 2. The number of thioether (sulfide) groups is 1. The minimum atomic E-state index is -0.0706. The highest BCUT2D eigenvalue weighted by molar-refractivity contribution is 8.14. The van der Waals surface area contributed by atoms with E-state index in [0.29, 0.717) is 5.75 Å². The molecule has 4 nitrogen and oxygen atoms in total. The molecule has 0 aromatic rings. The summed E-state index contributed by atoms with van der Waals surface area (Å²) < 4.78 is 0. The molecule has 0 spiro atoms. The highest BCUT2D eigenvalue weighted by Crippen LogP contribution is 2.23. The standard InChI is InChI=1S/C8H12N2O2S.ClH/c11-7-5-13-8(12)10(7)6-2-1-3-9-4-6;/h6,9H,1-5H2;1H. The number of hydrogen-bond acceptors (Lipinski definition) is 4. The van der Waals surface area contributed by atoms with Crippen molar-refractivity contribution in [1.29, 1.82) is 0 Å². The van der Waals surface area contributed by atoms with E-state index >= 15 is 0 Å². The molecule has 6 heteroatoms. The Bertz CT molecular complexity index is 227. The number of rotatable bonds is 1. The summed E-state index contributed by atoms with van der Waals surface area (Å²) in [7, 11) is 0. The van der Waals surface area contributed by atoms with E-state index in [1.54, 1.807) is 0 Å². The first kappa shape index (κ1) is 11.8. The third-order valence-electron chi connectivity index (χ3n) is 2.42. The van der Waals surface area contributed by atoms with Crippen molar-refractivity contribution < 1.29 is 9.59 Å². The Morgan fingerprint density at radius 3 is 2.71 bits per heavy atom. The summed E-state index contributed by atoms with van der Waals surface area (Å²) in [5, 5.41) is 3.13. The smallest absolute Gasteiger partial charge is 0.289 e. The molecule has 0 aliphatic carbocycles. The van der Waals surface area contributed by atoms with E-state index < -0.39 is 0 Å². The van der Waals surface area contributed by atoms with Crippen molar-refractivity contribution in [2.75, 3.05) is 18.8 Å². The van der Waals surface area contributed by atoms with Gasteiger partial charge in [0.25, 0.3) is 5.24 Å². The molecule has 2 saturated heterocycles. The van der Waals surface area contributed by atoms with Crippen LogP contribution in [0.15, 0.2) is 0 Å². The van der Waals surface area contributed by atoms with Crippen LogP contribution in [0.1, 0.15) is 12.8 Å². The fourth-order valence-corrected chi connectivity index (χ4v) is 2.55. The largest absolute Gasteiger partial charge is 0.315 e. The van der Waals surface area contributed by atoms with E-state index in [0.717, 1.165) is 37.7 Å². The van der Waals surface area contributed by atoms with Crippen LogP contribution >= 0.6 is 24.2 Å². The molecule has 2 aliphatic heterocycles. The second-order valence-electron chi connectivity index (χ2n) is 3.32. The maximum atomic E-state index is 11.3. The molecule has 2 heterocycles. The van der Waals surface area contributed by atoms with Gasteiger partial charge in [0.05, 0.1) is 11.8 Å². The first-order valence-electron chi connectivity index (χ1n) is 4.48. The Morgan fingerprint density at radius 2 is 2.21 bits per heavy atom. The number of carbonyl (C=O) groups excluding carboxylic acids is 2. The molecule has 0 saturated carbocycles. The van der Waals surface area contributed by atoms with E-state index in [4.69, 9.17) is 0 Å². The lowest BCUT2D eigenvalue weighted by atomic mass is 10.1. The highest BCUT2D eigenvalue weighted by atomic mass is 35.5. The molecule has 14 heavy (non-hydrogen) atoms. The quantitative estimate of drug-likeness (QED) is 0.734. The molecule has 0 aromatic heterocycles. The average Bonchev–Trinajstić information content (AvgIpc) is 2.48. The van der Waals surface area contributed by atoms with E-state index in [1.807, 2.05) is 0 Å². The molecule has 2 rings (SSSR count). The molecule has 2 fully saturated rings. The third kappa shape index (κ3) is 2.21. The molecule has 0 bridgehead atoms. The van der Waals surface area contributed by atoms with Gasteiger partial charge in [-0.1, -0.05) is 11.8 Å². The fraction of sp³-hybridized carbons (Fsp3) is 0.750. The molecule has 0 aromatic carbocycles. The van der Waals surface area contributed by atoms with Gasteiger partial charge in [-0.05, 0) is 19.4 Å². The Balaban J connectivity index is 0.000000980. The van der Waals surface area contributed by atoms with Crippen molar-refractivity contribution in [3.8, 4) is 0 Å². The van der Waals surface area contributed by atoms with E-state index in [-0.39, 0.29) is 29.6 Å². The Morgan fingerprint density at radius 1 is 1.43 bits per heavy atom. The van der Waals surface area contributed by atoms with Crippen LogP contribution in [-0.2, 0) is 4.79 Å². The van der Waals surface area contributed by atoms with Gasteiger partial charge >= 0.3 is 0 Å². The van der Waals surface area contributed by atoms with Crippen molar-refractivity contribution in [1.82, 2.24) is 10.2 Å². The van der Waals surface area contributed by atoms with Crippen LogP contribution in [0.5, 0.6) is 0 Å². The summed E-state index contributed by atoms with van der Waals surface area (Å²) in [4.78, 5) is 24.1. The summed E-state index contributed by atoms with van der Waals surface area (Å²) in [6.45, 7) is 1.76. The summed E-state index contributed by atoms with van der Waals surface area (Å²) in [6.07, 6.45) is 2.00. The molecule has 2 aliphatic rings. The van der Waals surface area contributed by atoms with Gasteiger partial charge in [-0.15, -0.1) is 12.4 Å². The normalized spacial score (nSPS) is 27.7. The van der Waals surface area contributed by atoms with Crippen LogP contribution in [0.3, 0.4) is 0 Å². The van der Waals surface area contributed by atoms with E-state index in [2.05, 4.69) is 5.32 Å². The molecule has 1 unspecified atom stereocenters. The first-order chi connectivity index (χ1) is 6.29. The zero-order valence-electron chi connectivity index (χ0n) is 7.69. The maximum absolute atomic E-state index is 11.3. The van der Waals surface area contributed by atoms with Crippen LogP contribution in [-0.4, -0.2) is 40.9 Å². The average molecular weight is 237 g/mol. The van der Waals surface area contributed by atoms with Gasteiger partial charge in [-0.25, -0.2) is 0 Å². The summed E-state index contributed by atoms with van der Waals surface area (Å²) in [5.74, 6) is 0.304. The molecule has 1 N–H and O–H groups in total. The highest BCUT2D eigenvalue weighted by Gasteiger charge is 2.36. The van der Waals surface area contributed by atoms with E-state index in [9.17, 15) is 9.59 Å². The minimum Gasteiger partial charge on any atom is -0.315 e. The lowest BCUT2D eigenvalue weighted by Crippen LogP contribution is -2.48. The minimum absolute atomic E-state index is 0. The summed E-state index contributed by atoms with van der Waals surface area (Å²) in [5.41, 5.74) is 0. The zero-order valence-corrected chi connectivity index (χ0v) is 9.33. The Hall–Kier alpha value is -0.260. The zero-order chi connectivity index (χ0) is 9.26. The molecule has 2 amide bonds. The molecule has 1 atom stereocenters. The maximum Gasteiger partial charge on any atom is 0.289 e. The van der Waals surface area contributed by atoms with Gasteiger partial charge in [-0.2, -0.15) is 0 Å². The van der Waals surface area contributed by atoms with E-state index in [1.165, 1.54) is 4.90 Å². The second-order valence-corrected chi connectivity index (χ2v) is 4.25. The summed E-state index contributed by atoms with van der Waals surface area (Å²) in [6, 6.07) is 0.101. The number of nitrogens with one attached hydrogen (secondary N) is 1. The van der Waals surface area contributed by atoms with Crippen molar-refractivity contribution in [3.05, 3.63) is 0 Å². The Kier molecular flexibility index (Phi) is 4.22. The number of piperidine rings is 1. The fourth-order valence-electron chi connectivity index (χ4n) is 1.77.